The molecule has 2 amide bonds. The topological polar surface area (TPSA) is 78.4 Å². The van der Waals surface area contributed by atoms with Crippen LogP contribution in [0.4, 0.5) is 9.18 Å². The number of carboxylic acid groups (broad SMARTS) is 1. The van der Waals surface area contributed by atoms with Crippen molar-refractivity contribution in [2.45, 2.75) is 39.2 Å². The van der Waals surface area contributed by atoms with Crippen molar-refractivity contribution in [1.29, 1.82) is 0 Å². The number of carboxylic acids is 1. The quantitative estimate of drug-likeness (QED) is 0.722. The molecule has 0 saturated heterocycles. The van der Waals surface area contributed by atoms with Crippen molar-refractivity contribution >= 4 is 12.0 Å². The van der Waals surface area contributed by atoms with Gasteiger partial charge in [0.2, 0.25) is 0 Å². The van der Waals surface area contributed by atoms with E-state index in [1.165, 1.54) is 12.1 Å². The van der Waals surface area contributed by atoms with Gasteiger partial charge in [0, 0.05) is 6.54 Å². The lowest BCUT2D eigenvalue weighted by molar-refractivity contribution is -0.139. The number of halogens is 1. The molecule has 0 aromatic heterocycles. The molecule has 0 radical (unpaired) electrons. The Morgan fingerprint density at radius 3 is 2.67 bits per heavy atom. The fourth-order valence-corrected chi connectivity index (χ4v) is 2.01. The van der Waals surface area contributed by atoms with Crippen molar-refractivity contribution < 1.29 is 19.1 Å². The van der Waals surface area contributed by atoms with E-state index in [9.17, 15) is 14.0 Å². The zero-order valence-electron chi connectivity index (χ0n) is 12.3. The number of urea groups is 1. The first-order valence-electron chi connectivity index (χ1n) is 6.96. The van der Waals surface area contributed by atoms with Crippen LogP contribution in [-0.4, -0.2) is 29.7 Å². The third-order valence-electron chi connectivity index (χ3n) is 3.17. The number of amides is 2. The lowest BCUT2D eigenvalue weighted by Gasteiger charge is -2.14. The van der Waals surface area contributed by atoms with Gasteiger partial charge in [-0.2, -0.15) is 0 Å². The Labute approximate surface area is 123 Å². The first kappa shape index (κ1) is 16.9. The van der Waals surface area contributed by atoms with Gasteiger partial charge in [-0.1, -0.05) is 19.4 Å². The van der Waals surface area contributed by atoms with E-state index < -0.39 is 18.0 Å². The summed E-state index contributed by atoms with van der Waals surface area (Å²) >= 11 is 0. The fraction of sp³-hybridized carbons (Fsp3) is 0.467. The summed E-state index contributed by atoms with van der Waals surface area (Å²) in [4.78, 5) is 22.5. The summed E-state index contributed by atoms with van der Waals surface area (Å²) in [6, 6.07) is 3.13. The smallest absolute Gasteiger partial charge is 0.326 e. The Bertz CT molecular complexity index is 506. The lowest BCUT2D eigenvalue weighted by Crippen LogP contribution is -2.46. The third-order valence-corrected chi connectivity index (χ3v) is 3.17. The molecule has 0 aliphatic carbocycles. The maximum Gasteiger partial charge on any atom is 0.326 e. The van der Waals surface area contributed by atoms with Gasteiger partial charge in [0.1, 0.15) is 11.9 Å². The minimum absolute atomic E-state index is 0.286. The minimum atomic E-state index is -1.04. The summed E-state index contributed by atoms with van der Waals surface area (Å²) in [7, 11) is 0. The van der Waals surface area contributed by atoms with E-state index >= 15 is 0 Å². The number of carbonyl (C=O) groups is 2. The van der Waals surface area contributed by atoms with Gasteiger partial charge in [-0.15, -0.1) is 0 Å². The highest BCUT2D eigenvalue weighted by molar-refractivity contribution is 5.82. The molecule has 21 heavy (non-hydrogen) atoms. The molecule has 0 aliphatic rings. The highest BCUT2D eigenvalue weighted by Crippen LogP contribution is 2.10. The van der Waals surface area contributed by atoms with Crippen LogP contribution in [0.1, 0.15) is 30.9 Å². The van der Waals surface area contributed by atoms with Crippen LogP contribution in [0.25, 0.3) is 0 Å². The zero-order chi connectivity index (χ0) is 15.8. The van der Waals surface area contributed by atoms with Crippen LogP contribution < -0.4 is 10.6 Å². The molecule has 0 aliphatic heterocycles. The van der Waals surface area contributed by atoms with E-state index in [1.54, 1.807) is 13.0 Å². The summed E-state index contributed by atoms with van der Waals surface area (Å²) in [6.45, 7) is 4.02. The Morgan fingerprint density at radius 2 is 2.10 bits per heavy atom. The molecule has 0 bridgehead atoms. The number of benzene rings is 1. The van der Waals surface area contributed by atoms with E-state index in [0.29, 0.717) is 25.8 Å². The van der Waals surface area contributed by atoms with Crippen molar-refractivity contribution in [2.24, 2.45) is 0 Å². The van der Waals surface area contributed by atoms with Crippen LogP contribution in [0.2, 0.25) is 0 Å². The predicted molar refractivity (Wildman–Crippen MR) is 77.7 cm³/mol. The SMILES string of the molecule is CCC[C@H](NC(=O)NCCc1ccc(F)cc1C)C(=O)O. The molecule has 116 valence electrons. The zero-order valence-corrected chi connectivity index (χ0v) is 12.3. The number of aryl methyl sites for hydroxylation is 1. The highest BCUT2D eigenvalue weighted by Gasteiger charge is 2.18. The van der Waals surface area contributed by atoms with Gasteiger partial charge >= 0.3 is 12.0 Å². The van der Waals surface area contributed by atoms with Crippen molar-refractivity contribution in [3.63, 3.8) is 0 Å². The normalized spacial score (nSPS) is 11.8. The Morgan fingerprint density at radius 1 is 1.38 bits per heavy atom. The third kappa shape index (κ3) is 5.81. The molecular formula is C15H21FN2O3. The van der Waals surface area contributed by atoms with Gasteiger partial charge in [-0.05, 0) is 43.0 Å². The van der Waals surface area contributed by atoms with Crippen LogP contribution in [0.3, 0.4) is 0 Å². The maximum absolute atomic E-state index is 13.0. The first-order chi connectivity index (χ1) is 9.93. The van der Waals surface area contributed by atoms with Crippen molar-refractivity contribution in [1.82, 2.24) is 10.6 Å². The van der Waals surface area contributed by atoms with E-state index in [0.717, 1.165) is 11.1 Å². The molecule has 0 spiro atoms. The number of hydrogen-bond acceptors (Lipinski definition) is 2. The van der Waals surface area contributed by atoms with Crippen LogP contribution in [0.5, 0.6) is 0 Å². The van der Waals surface area contributed by atoms with Crippen LogP contribution >= 0.6 is 0 Å². The van der Waals surface area contributed by atoms with E-state index in [4.69, 9.17) is 5.11 Å². The standard InChI is InChI=1S/C15H21FN2O3/c1-3-4-13(14(19)20)18-15(21)17-8-7-11-5-6-12(16)9-10(11)2/h5-6,9,13H,3-4,7-8H2,1-2H3,(H,19,20)(H2,17,18,21)/t13-/m0/s1. The molecule has 0 fully saturated rings. The summed E-state index contributed by atoms with van der Waals surface area (Å²) in [5.41, 5.74) is 1.77. The summed E-state index contributed by atoms with van der Waals surface area (Å²) < 4.78 is 13.0. The number of aliphatic carboxylic acids is 1. The predicted octanol–water partition coefficient (Wildman–Crippen LogP) is 2.23. The fourth-order valence-electron chi connectivity index (χ4n) is 2.01. The van der Waals surface area contributed by atoms with E-state index in [1.807, 2.05) is 6.92 Å². The lowest BCUT2D eigenvalue weighted by atomic mass is 10.1. The molecule has 1 aromatic carbocycles. The van der Waals surface area contributed by atoms with Crippen LogP contribution in [0.15, 0.2) is 18.2 Å². The molecule has 0 unspecified atom stereocenters. The molecule has 3 N–H and O–H groups in total. The minimum Gasteiger partial charge on any atom is -0.480 e. The molecule has 6 heteroatoms. The van der Waals surface area contributed by atoms with Crippen molar-refractivity contribution in [3.05, 3.63) is 35.1 Å². The number of hydrogen-bond donors (Lipinski definition) is 3. The molecule has 1 aromatic rings. The van der Waals surface area contributed by atoms with Gasteiger partial charge in [0.15, 0.2) is 0 Å². The second-order valence-electron chi connectivity index (χ2n) is 4.90. The summed E-state index contributed by atoms with van der Waals surface area (Å²) in [5, 5.41) is 14.0. The van der Waals surface area contributed by atoms with Gasteiger partial charge in [-0.3, -0.25) is 0 Å². The Kier molecular flexibility index (Phi) is 6.65. The van der Waals surface area contributed by atoms with Crippen molar-refractivity contribution in [3.8, 4) is 0 Å². The summed E-state index contributed by atoms with van der Waals surface area (Å²) in [6.07, 6.45) is 1.62. The molecular weight excluding hydrogens is 275 g/mol. The van der Waals surface area contributed by atoms with Crippen LogP contribution in [0, 0.1) is 12.7 Å². The largest absolute Gasteiger partial charge is 0.480 e. The monoisotopic (exact) mass is 296 g/mol. The van der Waals surface area contributed by atoms with Gasteiger partial charge < -0.3 is 15.7 Å². The molecule has 0 heterocycles. The van der Waals surface area contributed by atoms with Gasteiger partial charge in [0.25, 0.3) is 0 Å². The van der Waals surface area contributed by atoms with Crippen LogP contribution in [-0.2, 0) is 11.2 Å². The molecule has 1 atom stereocenters. The molecule has 0 saturated carbocycles. The second-order valence-corrected chi connectivity index (χ2v) is 4.90. The average Bonchev–Trinajstić information content (AvgIpc) is 2.40. The second kappa shape index (κ2) is 8.24. The highest BCUT2D eigenvalue weighted by atomic mass is 19.1. The average molecular weight is 296 g/mol. The number of nitrogens with one attached hydrogen (secondary N) is 2. The maximum atomic E-state index is 13.0. The number of rotatable bonds is 7. The molecule has 5 nitrogen and oxygen atoms in total. The van der Waals surface area contributed by atoms with Gasteiger partial charge in [-0.25, -0.2) is 14.0 Å². The van der Waals surface area contributed by atoms with Crippen molar-refractivity contribution in [2.75, 3.05) is 6.54 Å². The van der Waals surface area contributed by atoms with E-state index in [2.05, 4.69) is 10.6 Å². The summed E-state index contributed by atoms with van der Waals surface area (Å²) in [5.74, 6) is -1.33. The van der Waals surface area contributed by atoms with Gasteiger partial charge in [0.05, 0.1) is 0 Å². The Hall–Kier alpha value is -2.11. The Balaban J connectivity index is 2.41. The number of carbonyl (C=O) groups excluding carboxylic acids is 1. The van der Waals surface area contributed by atoms with E-state index in [-0.39, 0.29) is 5.82 Å². The molecule has 1 rings (SSSR count). The first-order valence-corrected chi connectivity index (χ1v) is 6.96.